The predicted octanol–water partition coefficient (Wildman–Crippen LogP) is 2.94. The molecule has 5 heteroatoms. The van der Waals surface area contributed by atoms with Gasteiger partial charge in [-0.15, -0.1) is 0 Å². The molecule has 0 saturated carbocycles. The van der Waals surface area contributed by atoms with Crippen LogP contribution in [0.15, 0.2) is 12.1 Å². The van der Waals surface area contributed by atoms with Crippen LogP contribution in [-0.4, -0.2) is 36.5 Å². The number of aliphatic hydroxyl groups excluding tert-OH is 1. The Hall–Kier alpha value is -1.07. The molecule has 0 bridgehead atoms. The van der Waals surface area contributed by atoms with Crippen LogP contribution >= 0.6 is 15.9 Å². The minimum Gasteiger partial charge on any atom is -0.493 e. The smallest absolute Gasteiger partial charge is 0.173 e. The second-order valence-electron chi connectivity index (χ2n) is 5.43. The van der Waals surface area contributed by atoms with Gasteiger partial charge in [-0.3, -0.25) is 4.79 Å². The molecule has 1 rings (SSSR count). The van der Waals surface area contributed by atoms with E-state index in [1.54, 1.807) is 13.2 Å². The van der Waals surface area contributed by atoms with E-state index in [-0.39, 0.29) is 29.7 Å². The zero-order valence-corrected chi connectivity index (χ0v) is 13.9. The molecule has 0 radical (unpaired) electrons. The van der Waals surface area contributed by atoms with Crippen molar-refractivity contribution in [3.8, 4) is 11.5 Å². The van der Waals surface area contributed by atoms with Gasteiger partial charge in [-0.05, 0) is 17.5 Å². The first-order valence-electron chi connectivity index (χ1n) is 6.40. The molecule has 0 amide bonds. The summed E-state index contributed by atoms with van der Waals surface area (Å²) in [7, 11) is 1.57. The number of carbonyl (C=O) groups excluding carboxylic acids is 1. The van der Waals surface area contributed by atoms with E-state index in [1.165, 1.54) is 0 Å². The average Bonchev–Trinajstić information content (AvgIpc) is 2.41. The summed E-state index contributed by atoms with van der Waals surface area (Å²) >= 11 is 3.18. The van der Waals surface area contributed by atoms with Crippen LogP contribution in [0.2, 0.25) is 0 Å². The SMILES string of the molecule is COc1c(OCCO)cc(C(=O)CBr)cc1C(C)(C)C. The molecule has 0 aliphatic heterocycles. The summed E-state index contributed by atoms with van der Waals surface area (Å²) < 4.78 is 10.9. The van der Waals surface area contributed by atoms with Gasteiger partial charge in [0, 0.05) is 11.1 Å². The lowest BCUT2D eigenvalue weighted by atomic mass is 9.84. The molecule has 1 N–H and O–H groups in total. The Morgan fingerprint density at radius 3 is 2.45 bits per heavy atom. The van der Waals surface area contributed by atoms with Gasteiger partial charge < -0.3 is 14.6 Å². The zero-order chi connectivity index (χ0) is 15.3. The van der Waals surface area contributed by atoms with Crippen LogP contribution in [0.3, 0.4) is 0 Å². The summed E-state index contributed by atoms with van der Waals surface area (Å²) in [5.41, 5.74) is 1.28. The van der Waals surface area contributed by atoms with E-state index in [9.17, 15) is 4.79 Å². The maximum absolute atomic E-state index is 11.9. The predicted molar refractivity (Wildman–Crippen MR) is 82.4 cm³/mol. The van der Waals surface area contributed by atoms with Gasteiger partial charge in [0.25, 0.3) is 0 Å². The first-order valence-corrected chi connectivity index (χ1v) is 7.52. The van der Waals surface area contributed by atoms with Crippen molar-refractivity contribution in [2.24, 2.45) is 0 Å². The molecule has 0 aliphatic rings. The number of ketones is 1. The largest absolute Gasteiger partial charge is 0.493 e. The Kier molecular flexibility index (Phi) is 6.02. The third-order valence-electron chi connectivity index (χ3n) is 2.86. The van der Waals surface area contributed by atoms with Gasteiger partial charge >= 0.3 is 0 Å². The number of alkyl halides is 1. The highest BCUT2D eigenvalue weighted by Gasteiger charge is 2.24. The minimum absolute atomic E-state index is 0.0213. The highest BCUT2D eigenvalue weighted by Crippen LogP contribution is 2.39. The molecule has 0 atom stereocenters. The van der Waals surface area contributed by atoms with Crippen LogP contribution in [0.1, 0.15) is 36.7 Å². The van der Waals surface area contributed by atoms with E-state index in [0.717, 1.165) is 5.56 Å². The fraction of sp³-hybridized carbons (Fsp3) is 0.533. The lowest BCUT2D eigenvalue weighted by Crippen LogP contribution is -2.16. The van der Waals surface area contributed by atoms with E-state index < -0.39 is 0 Å². The van der Waals surface area contributed by atoms with E-state index >= 15 is 0 Å². The van der Waals surface area contributed by atoms with Crippen molar-refractivity contribution in [3.63, 3.8) is 0 Å². The van der Waals surface area contributed by atoms with Crippen molar-refractivity contribution in [3.05, 3.63) is 23.3 Å². The molecule has 112 valence electrons. The first-order chi connectivity index (χ1) is 9.35. The third kappa shape index (κ3) is 3.96. The Morgan fingerprint density at radius 1 is 1.35 bits per heavy atom. The van der Waals surface area contributed by atoms with Crippen molar-refractivity contribution in [2.45, 2.75) is 26.2 Å². The van der Waals surface area contributed by atoms with Crippen LogP contribution in [0.4, 0.5) is 0 Å². The number of hydrogen-bond acceptors (Lipinski definition) is 4. The quantitative estimate of drug-likeness (QED) is 0.636. The second kappa shape index (κ2) is 7.09. The second-order valence-corrected chi connectivity index (χ2v) is 5.99. The summed E-state index contributed by atoms with van der Waals surface area (Å²) in [6, 6.07) is 3.50. The van der Waals surface area contributed by atoms with Gasteiger partial charge in [0.15, 0.2) is 17.3 Å². The van der Waals surface area contributed by atoms with Gasteiger partial charge in [-0.25, -0.2) is 0 Å². The summed E-state index contributed by atoms with van der Waals surface area (Å²) in [5, 5.41) is 9.16. The monoisotopic (exact) mass is 344 g/mol. The summed E-state index contributed by atoms with van der Waals surface area (Å²) in [6.07, 6.45) is 0. The van der Waals surface area contributed by atoms with Gasteiger partial charge in [0.2, 0.25) is 0 Å². The van der Waals surface area contributed by atoms with Gasteiger partial charge in [0.05, 0.1) is 19.0 Å². The Morgan fingerprint density at radius 2 is 2.00 bits per heavy atom. The normalized spacial score (nSPS) is 11.3. The van der Waals surface area contributed by atoms with Crippen molar-refractivity contribution < 1.29 is 19.4 Å². The molecule has 1 aromatic rings. The van der Waals surface area contributed by atoms with Crippen LogP contribution < -0.4 is 9.47 Å². The lowest BCUT2D eigenvalue weighted by Gasteiger charge is -2.24. The van der Waals surface area contributed by atoms with E-state index in [4.69, 9.17) is 14.6 Å². The molecule has 20 heavy (non-hydrogen) atoms. The molecule has 0 aliphatic carbocycles. The van der Waals surface area contributed by atoms with Gasteiger partial charge in [-0.1, -0.05) is 36.7 Å². The van der Waals surface area contributed by atoms with Gasteiger partial charge in [-0.2, -0.15) is 0 Å². The van der Waals surface area contributed by atoms with Crippen molar-refractivity contribution in [2.75, 3.05) is 25.7 Å². The molecule has 4 nitrogen and oxygen atoms in total. The molecule has 1 aromatic carbocycles. The Bertz CT molecular complexity index is 477. The number of carbonyl (C=O) groups is 1. The first kappa shape index (κ1) is 17.0. The number of benzene rings is 1. The topological polar surface area (TPSA) is 55.8 Å². The van der Waals surface area contributed by atoms with Crippen LogP contribution in [-0.2, 0) is 5.41 Å². The summed E-state index contributed by atoms with van der Waals surface area (Å²) in [6.45, 7) is 6.20. The molecule has 0 spiro atoms. The lowest BCUT2D eigenvalue weighted by molar-refractivity contribution is 0.102. The van der Waals surface area contributed by atoms with E-state index in [1.807, 2.05) is 26.8 Å². The number of rotatable bonds is 6. The van der Waals surface area contributed by atoms with Crippen LogP contribution in [0, 0.1) is 0 Å². The fourth-order valence-electron chi connectivity index (χ4n) is 1.87. The van der Waals surface area contributed by atoms with Crippen LogP contribution in [0.5, 0.6) is 11.5 Å². The van der Waals surface area contributed by atoms with E-state index in [0.29, 0.717) is 17.1 Å². The van der Waals surface area contributed by atoms with E-state index in [2.05, 4.69) is 15.9 Å². The maximum atomic E-state index is 11.9. The molecular weight excluding hydrogens is 324 g/mol. The highest BCUT2D eigenvalue weighted by molar-refractivity contribution is 9.09. The number of Topliss-reactive ketones (excluding diaryl/α,β-unsaturated/α-hetero) is 1. The van der Waals surface area contributed by atoms with Gasteiger partial charge in [0.1, 0.15) is 6.61 Å². The highest BCUT2D eigenvalue weighted by atomic mass is 79.9. The number of halogens is 1. The molecule has 0 unspecified atom stereocenters. The Balaban J connectivity index is 3.43. The number of aliphatic hydroxyl groups is 1. The van der Waals surface area contributed by atoms with Crippen molar-refractivity contribution in [1.29, 1.82) is 0 Å². The number of hydrogen-bond donors (Lipinski definition) is 1. The number of methoxy groups -OCH3 is 1. The maximum Gasteiger partial charge on any atom is 0.173 e. The third-order valence-corrected chi connectivity index (χ3v) is 3.37. The van der Waals surface area contributed by atoms with Crippen LogP contribution in [0.25, 0.3) is 0 Å². The zero-order valence-electron chi connectivity index (χ0n) is 12.3. The molecule has 0 saturated heterocycles. The molecule has 0 heterocycles. The summed E-state index contributed by atoms with van der Waals surface area (Å²) in [5.74, 6) is 1.07. The molecule has 0 fully saturated rings. The summed E-state index contributed by atoms with van der Waals surface area (Å²) in [4.78, 5) is 11.9. The average molecular weight is 345 g/mol. The minimum atomic E-state index is -0.189. The fourth-order valence-corrected chi connectivity index (χ4v) is 2.19. The number of ether oxygens (including phenoxy) is 2. The Labute approximate surface area is 128 Å². The molecule has 0 aromatic heterocycles. The standard InChI is InChI=1S/C15H21BrO4/c1-15(2,3)11-7-10(12(18)9-16)8-13(14(11)19-4)20-6-5-17/h7-8,17H,5-6,9H2,1-4H3. The van der Waals surface area contributed by atoms with Crippen molar-refractivity contribution in [1.82, 2.24) is 0 Å². The molecular formula is C15H21BrO4. The van der Waals surface area contributed by atoms with Crippen molar-refractivity contribution >= 4 is 21.7 Å².